The van der Waals surface area contributed by atoms with Crippen molar-refractivity contribution in [3.63, 3.8) is 0 Å². The van der Waals surface area contributed by atoms with E-state index in [0.29, 0.717) is 14.7 Å². The Labute approximate surface area is 568 Å². The molecule has 5 aromatic rings. The maximum atomic E-state index is 15.1. The van der Waals surface area contributed by atoms with Crippen molar-refractivity contribution in [1.29, 1.82) is 0 Å². The predicted molar refractivity (Wildman–Crippen MR) is 329 cm³/mol. The van der Waals surface area contributed by atoms with E-state index in [9.17, 15) is 63.6 Å². The first-order chi connectivity index (χ1) is 48.0. The van der Waals surface area contributed by atoms with Crippen molar-refractivity contribution in [2.45, 2.75) is 150 Å². The van der Waals surface area contributed by atoms with Crippen molar-refractivity contribution in [3.05, 3.63) is 178 Å². The molecule has 12 rings (SSSR count). The summed E-state index contributed by atoms with van der Waals surface area (Å²) in [7, 11) is 1.20. The number of hydrogen-bond acceptors (Lipinski definition) is 28. The Kier molecular flexibility index (Phi) is 20.6. The number of aliphatic hydroxyl groups is 4. The fourth-order valence-corrected chi connectivity index (χ4v) is 13.6. The highest BCUT2D eigenvalue weighted by molar-refractivity contribution is 6.23. The Morgan fingerprint density at radius 2 is 0.760 bits per heavy atom. The highest BCUT2D eigenvalue weighted by Gasteiger charge is 2.64. The molecule has 4 N–H and O–H groups in total. The molecule has 7 aliphatic rings. The third kappa shape index (κ3) is 13.2. The summed E-state index contributed by atoms with van der Waals surface area (Å²) < 4.78 is 80.7. The van der Waals surface area contributed by atoms with Gasteiger partial charge in [-0.15, -0.1) is 0 Å². The summed E-state index contributed by atoms with van der Waals surface area (Å²) in [5, 5.41) is 47.7. The van der Waals surface area contributed by atoms with Gasteiger partial charge in [0.25, 0.3) is 35.4 Å². The second kappa shape index (κ2) is 29.3. The van der Waals surface area contributed by atoms with Gasteiger partial charge in [0.05, 0.1) is 70.4 Å². The number of esters is 5. The Morgan fingerprint density at radius 1 is 0.400 bits per heavy atom. The summed E-state index contributed by atoms with van der Waals surface area (Å²) in [6, 6.07) is 25.8. The number of amides is 6. The molecule has 31 heteroatoms. The van der Waals surface area contributed by atoms with Crippen LogP contribution >= 0.6 is 0 Å². The Morgan fingerprint density at radius 3 is 1.16 bits per heavy atom. The molecule has 0 unspecified atom stereocenters. The molecule has 100 heavy (non-hydrogen) atoms. The van der Waals surface area contributed by atoms with E-state index < -0.39 is 208 Å². The summed E-state index contributed by atoms with van der Waals surface area (Å²) >= 11 is 0. The van der Waals surface area contributed by atoms with Crippen molar-refractivity contribution in [2.75, 3.05) is 26.9 Å². The normalized spacial score (nSPS) is 31.6. The smallest absolute Gasteiger partial charge is 0.338 e. The van der Waals surface area contributed by atoms with Crippen LogP contribution in [0.4, 0.5) is 0 Å². The molecule has 0 aliphatic carbocycles. The number of nitrogens with zero attached hydrogens (tertiary/aromatic N) is 3. The Hall–Kier alpha value is -9.61. The van der Waals surface area contributed by atoms with E-state index in [1.165, 1.54) is 111 Å². The first-order valence-electron chi connectivity index (χ1n) is 31.6. The standard InChI is InChI=1S/C69H67N3O28/c1-31-50(97-64(85)35-18-8-6-9-19-35)56(98-65(86)36-20-10-7-11-21-36)57(88-5)69(90-31)89-30-45-51(49(78)46(66(87)94-45)70-58(79)37-22-12-13-23-38(37)59(70)80)99-67-48(72-62(83)41-26-16-17-27-42(41)63(72)84)55(93-34(4)77)53(44(29-74)96-67)100-68-47(71-60(81)39-24-14-15-25-40(39)61(71)82)54(92-33(3)76)52(91-32(2)75)43(28-73)95-68/h6-27,31,43-57,66-69,73-74,78,87H,28-30H2,1-5H3/t31-,43+,44+,45+,46+,47+,48+,49+,50+,51+,52+,53+,54+,55+,56+,57-,66+,67-,68-,69+/m0/s1. The Balaban J connectivity index is 0.942. The number of carbonyl (C=O) groups excluding carboxylic acids is 11. The zero-order valence-corrected chi connectivity index (χ0v) is 53.8. The summed E-state index contributed by atoms with van der Waals surface area (Å²) in [6.45, 7) is 1.14. The maximum Gasteiger partial charge on any atom is 0.338 e. The van der Waals surface area contributed by atoms with Gasteiger partial charge in [-0.2, -0.15) is 0 Å². The van der Waals surface area contributed by atoms with Crippen LogP contribution in [0.2, 0.25) is 0 Å². The summed E-state index contributed by atoms with van der Waals surface area (Å²) in [6.07, 6.45) is -32.4. The molecule has 4 saturated heterocycles. The lowest BCUT2D eigenvalue weighted by atomic mass is 9.92. The minimum absolute atomic E-state index is 0.0838. The molecule has 0 aromatic heterocycles. The number of rotatable bonds is 20. The van der Waals surface area contributed by atoms with Crippen LogP contribution in [0, 0.1) is 0 Å². The van der Waals surface area contributed by atoms with Gasteiger partial charge in [0, 0.05) is 27.9 Å². The fourth-order valence-electron chi connectivity index (χ4n) is 13.6. The van der Waals surface area contributed by atoms with Crippen LogP contribution in [0.3, 0.4) is 0 Å². The van der Waals surface area contributed by atoms with Crippen molar-refractivity contribution in [3.8, 4) is 0 Å². The van der Waals surface area contributed by atoms with Crippen molar-refractivity contribution >= 4 is 65.3 Å². The van der Waals surface area contributed by atoms with Gasteiger partial charge in [-0.25, -0.2) is 9.59 Å². The van der Waals surface area contributed by atoms with Crippen LogP contribution in [0.15, 0.2) is 133 Å². The zero-order chi connectivity index (χ0) is 71.1. The summed E-state index contributed by atoms with van der Waals surface area (Å²) in [4.78, 5) is 157. The lowest BCUT2D eigenvalue weighted by Crippen LogP contribution is -2.72. The minimum Gasteiger partial charge on any atom is -0.457 e. The van der Waals surface area contributed by atoms with Crippen LogP contribution < -0.4 is 0 Å². The molecule has 4 fully saturated rings. The van der Waals surface area contributed by atoms with Crippen LogP contribution in [-0.4, -0.2) is 250 Å². The van der Waals surface area contributed by atoms with E-state index in [1.54, 1.807) is 36.4 Å². The van der Waals surface area contributed by atoms with Crippen LogP contribution in [0.5, 0.6) is 0 Å². The lowest BCUT2D eigenvalue weighted by molar-refractivity contribution is -0.364. The molecule has 7 aliphatic heterocycles. The molecule has 6 amide bonds. The van der Waals surface area contributed by atoms with Crippen molar-refractivity contribution < 1.29 is 135 Å². The molecular formula is C69H67N3O28. The quantitative estimate of drug-likeness (QED) is 0.0484. The molecule has 31 nitrogen and oxygen atoms in total. The molecule has 7 heterocycles. The lowest BCUT2D eigenvalue weighted by Gasteiger charge is -2.52. The number of aliphatic hydroxyl groups excluding tert-OH is 4. The average molecular weight is 1390 g/mol. The van der Waals surface area contributed by atoms with Gasteiger partial charge < -0.3 is 82.0 Å². The number of ether oxygens (including phenoxy) is 13. The topological polar surface area (TPSA) is 398 Å². The molecule has 0 spiro atoms. The number of benzene rings is 5. The van der Waals surface area contributed by atoms with E-state index in [0.717, 1.165) is 20.8 Å². The van der Waals surface area contributed by atoms with E-state index in [1.807, 2.05) is 0 Å². The van der Waals surface area contributed by atoms with E-state index in [4.69, 9.17) is 61.6 Å². The van der Waals surface area contributed by atoms with Crippen molar-refractivity contribution in [1.82, 2.24) is 14.7 Å². The molecule has 5 aromatic carbocycles. The van der Waals surface area contributed by atoms with Gasteiger partial charge >= 0.3 is 29.8 Å². The molecular weight excluding hydrogens is 1320 g/mol. The molecule has 526 valence electrons. The van der Waals surface area contributed by atoms with E-state index in [2.05, 4.69) is 0 Å². The van der Waals surface area contributed by atoms with Crippen molar-refractivity contribution in [2.24, 2.45) is 0 Å². The van der Waals surface area contributed by atoms with Crippen LogP contribution in [0.25, 0.3) is 0 Å². The van der Waals surface area contributed by atoms with Gasteiger partial charge in [0.1, 0.15) is 60.9 Å². The van der Waals surface area contributed by atoms with Gasteiger partial charge in [-0.05, 0) is 67.6 Å². The second-order valence-corrected chi connectivity index (χ2v) is 24.2. The minimum atomic E-state index is -2.35. The predicted octanol–water partition coefficient (Wildman–Crippen LogP) is 1.29. The van der Waals surface area contributed by atoms with E-state index >= 15 is 9.59 Å². The molecule has 0 saturated carbocycles. The first kappa shape index (κ1) is 70.3. The van der Waals surface area contributed by atoms with Crippen LogP contribution in [-0.2, 0) is 76.0 Å². The zero-order valence-electron chi connectivity index (χ0n) is 53.8. The SMILES string of the molecule is CO[C@@H]1[C@H](OC[C@H]2O[C@@H](O)[C@H](N3C(=O)c4ccccc4C3=O)[C@@H](O)[C@@H]2O[C@@H]2O[C@H](CO)[C@@H](O[C@@H]3O[C@H](CO)[C@@H](OC(C)=O)[C@H](OC(C)=O)[C@H]3N3C(=O)c4ccccc4C3=O)[C@H](OC(C)=O)[C@H]2N2C(=O)c3ccccc3C2=O)O[C@@H](C)[C@@H](OC(=O)c2ccccc2)[C@H]1OC(=O)c1ccccc1. The highest BCUT2D eigenvalue weighted by atomic mass is 16.8. The van der Waals surface area contributed by atoms with Gasteiger partial charge in [-0.1, -0.05) is 72.8 Å². The highest BCUT2D eigenvalue weighted by Crippen LogP contribution is 2.43. The summed E-state index contributed by atoms with van der Waals surface area (Å²) in [5.41, 5.74) is -0.818. The van der Waals surface area contributed by atoms with E-state index in [-0.39, 0.29) is 44.5 Å². The fraction of sp³-hybridized carbons (Fsp3) is 0.406. The van der Waals surface area contributed by atoms with Gasteiger partial charge in [0.2, 0.25) is 0 Å². The monoisotopic (exact) mass is 1390 g/mol. The number of hydrogen-bond donors (Lipinski definition) is 4. The molecule has 0 bridgehead atoms. The number of fused-ring (bicyclic) bond motifs is 3. The first-order valence-corrected chi connectivity index (χ1v) is 31.6. The number of carbonyl (C=O) groups is 11. The summed E-state index contributed by atoms with van der Waals surface area (Å²) in [5.74, 6) is -11.2. The number of methoxy groups -OCH3 is 1. The average Bonchev–Trinajstić information content (AvgIpc) is 1.48. The molecule has 20 atom stereocenters. The maximum absolute atomic E-state index is 15.1. The van der Waals surface area contributed by atoms with Gasteiger partial charge in [-0.3, -0.25) is 57.9 Å². The van der Waals surface area contributed by atoms with Crippen LogP contribution in [0.1, 0.15) is 111 Å². The Bertz CT molecular complexity index is 3900. The third-order valence-electron chi connectivity index (χ3n) is 18.0. The second-order valence-electron chi connectivity index (χ2n) is 24.2. The largest absolute Gasteiger partial charge is 0.457 e. The number of imide groups is 3. The van der Waals surface area contributed by atoms with Gasteiger partial charge in [0.15, 0.2) is 55.7 Å². The third-order valence-corrected chi connectivity index (χ3v) is 18.0. The molecule has 0 radical (unpaired) electrons.